The van der Waals surface area contributed by atoms with Crippen molar-refractivity contribution in [3.8, 4) is 6.07 Å². The van der Waals surface area contributed by atoms with Gasteiger partial charge in [0, 0.05) is 28.4 Å². The topological polar surface area (TPSA) is 68.7 Å². The number of anilines is 1. The van der Waals surface area contributed by atoms with Crippen LogP contribution in [0.4, 0.5) is 5.69 Å². The van der Waals surface area contributed by atoms with Gasteiger partial charge in [0.1, 0.15) is 6.07 Å². The zero-order valence-electron chi connectivity index (χ0n) is 10.9. The van der Waals surface area contributed by atoms with E-state index in [4.69, 9.17) is 16.9 Å². The highest BCUT2D eigenvalue weighted by atomic mass is 35.5. The molecule has 0 unspecified atom stereocenters. The van der Waals surface area contributed by atoms with Gasteiger partial charge in [0.05, 0.1) is 10.6 Å². The standard InChI is InChI=1S/C16H10ClN3O/c17-14-5-4-11(8-10(14)9-18)20-16(21)13-2-1-3-15-12(13)6-7-19-15/h1-8,19H,(H,20,21). The fraction of sp³-hybridized carbons (Fsp3) is 0. The molecular formula is C16H10ClN3O. The van der Waals surface area contributed by atoms with Gasteiger partial charge >= 0.3 is 0 Å². The summed E-state index contributed by atoms with van der Waals surface area (Å²) >= 11 is 5.87. The van der Waals surface area contributed by atoms with Crippen LogP contribution in [-0.4, -0.2) is 10.9 Å². The first-order valence-electron chi connectivity index (χ1n) is 6.26. The Morgan fingerprint density at radius 1 is 1.24 bits per heavy atom. The molecule has 102 valence electrons. The number of carbonyl (C=O) groups is 1. The number of nitrogens with zero attached hydrogens (tertiary/aromatic N) is 1. The highest BCUT2D eigenvalue weighted by molar-refractivity contribution is 6.31. The molecule has 0 spiro atoms. The van der Waals surface area contributed by atoms with Gasteiger partial charge < -0.3 is 10.3 Å². The number of H-pyrrole nitrogens is 1. The van der Waals surface area contributed by atoms with Crippen molar-refractivity contribution in [2.75, 3.05) is 5.32 Å². The van der Waals surface area contributed by atoms with Gasteiger partial charge in [-0.2, -0.15) is 5.26 Å². The molecule has 1 heterocycles. The van der Waals surface area contributed by atoms with Gasteiger partial charge in [-0.15, -0.1) is 0 Å². The Labute approximate surface area is 126 Å². The molecule has 0 radical (unpaired) electrons. The molecule has 2 N–H and O–H groups in total. The van der Waals surface area contributed by atoms with Crippen molar-refractivity contribution >= 4 is 34.1 Å². The highest BCUT2D eigenvalue weighted by Crippen LogP contribution is 2.22. The van der Waals surface area contributed by atoms with Crippen LogP contribution in [0.15, 0.2) is 48.7 Å². The van der Waals surface area contributed by atoms with Crippen LogP contribution >= 0.6 is 11.6 Å². The molecule has 0 saturated carbocycles. The summed E-state index contributed by atoms with van der Waals surface area (Å²) in [6, 6.07) is 14.1. The highest BCUT2D eigenvalue weighted by Gasteiger charge is 2.11. The summed E-state index contributed by atoms with van der Waals surface area (Å²) in [4.78, 5) is 15.4. The molecule has 3 aromatic rings. The summed E-state index contributed by atoms with van der Waals surface area (Å²) in [7, 11) is 0. The van der Waals surface area contributed by atoms with Gasteiger partial charge in [-0.1, -0.05) is 17.7 Å². The third-order valence-corrected chi connectivity index (χ3v) is 3.51. The van der Waals surface area contributed by atoms with Gasteiger partial charge in [0.25, 0.3) is 5.91 Å². The van der Waals surface area contributed by atoms with Gasteiger partial charge in [-0.05, 0) is 36.4 Å². The SMILES string of the molecule is N#Cc1cc(NC(=O)c2cccc3[nH]ccc23)ccc1Cl. The van der Waals surface area contributed by atoms with E-state index in [0.29, 0.717) is 21.8 Å². The Balaban J connectivity index is 1.93. The first-order valence-corrected chi connectivity index (χ1v) is 6.64. The van der Waals surface area contributed by atoms with Crippen molar-refractivity contribution in [2.24, 2.45) is 0 Å². The molecule has 21 heavy (non-hydrogen) atoms. The van der Waals surface area contributed by atoms with Crippen LogP contribution in [0.3, 0.4) is 0 Å². The Morgan fingerprint density at radius 3 is 2.90 bits per heavy atom. The Bertz CT molecular complexity index is 877. The lowest BCUT2D eigenvalue weighted by Crippen LogP contribution is -2.12. The van der Waals surface area contributed by atoms with Crippen molar-refractivity contribution < 1.29 is 4.79 Å². The molecular weight excluding hydrogens is 286 g/mol. The number of hydrogen-bond donors (Lipinski definition) is 2. The maximum absolute atomic E-state index is 12.4. The number of aromatic amines is 1. The molecule has 0 aliphatic carbocycles. The lowest BCUT2D eigenvalue weighted by atomic mass is 10.1. The summed E-state index contributed by atoms with van der Waals surface area (Å²) < 4.78 is 0. The fourth-order valence-electron chi connectivity index (χ4n) is 2.17. The summed E-state index contributed by atoms with van der Waals surface area (Å²) in [5.41, 5.74) is 2.33. The van der Waals surface area contributed by atoms with Crippen LogP contribution in [0.1, 0.15) is 15.9 Å². The Morgan fingerprint density at radius 2 is 2.10 bits per heavy atom. The molecule has 4 nitrogen and oxygen atoms in total. The maximum atomic E-state index is 12.4. The van der Waals surface area contributed by atoms with Crippen LogP contribution in [0.2, 0.25) is 5.02 Å². The maximum Gasteiger partial charge on any atom is 0.256 e. The molecule has 0 aliphatic heterocycles. The predicted octanol–water partition coefficient (Wildman–Crippen LogP) is 3.95. The lowest BCUT2D eigenvalue weighted by Gasteiger charge is -2.07. The van der Waals surface area contributed by atoms with E-state index >= 15 is 0 Å². The molecule has 5 heteroatoms. The van der Waals surface area contributed by atoms with Crippen molar-refractivity contribution in [3.05, 3.63) is 64.8 Å². The summed E-state index contributed by atoms with van der Waals surface area (Å²) in [6.07, 6.45) is 1.79. The first kappa shape index (κ1) is 13.2. The third kappa shape index (κ3) is 2.47. The molecule has 0 fully saturated rings. The fourth-order valence-corrected chi connectivity index (χ4v) is 2.33. The van der Waals surface area contributed by atoms with Crippen LogP contribution in [-0.2, 0) is 0 Å². The quantitative estimate of drug-likeness (QED) is 0.751. The first-order chi connectivity index (χ1) is 10.2. The number of fused-ring (bicyclic) bond motifs is 1. The van der Waals surface area contributed by atoms with E-state index in [9.17, 15) is 4.79 Å². The molecule has 0 saturated heterocycles. The van der Waals surface area contributed by atoms with E-state index in [0.717, 1.165) is 10.9 Å². The number of hydrogen-bond acceptors (Lipinski definition) is 2. The van der Waals surface area contributed by atoms with E-state index in [-0.39, 0.29) is 5.91 Å². The largest absolute Gasteiger partial charge is 0.361 e. The smallest absolute Gasteiger partial charge is 0.256 e. The predicted molar refractivity (Wildman–Crippen MR) is 82.4 cm³/mol. The number of rotatable bonds is 2. The second kappa shape index (κ2) is 5.31. The molecule has 1 amide bonds. The van der Waals surface area contributed by atoms with Crippen LogP contribution < -0.4 is 5.32 Å². The number of carbonyl (C=O) groups excluding carboxylic acids is 1. The second-order valence-electron chi connectivity index (χ2n) is 4.51. The summed E-state index contributed by atoms with van der Waals surface area (Å²) in [5.74, 6) is -0.230. The zero-order valence-corrected chi connectivity index (χ0v) is 11.6. The number of benzene rings is 2. The number of amides is 1. The number of nitrogens with one attached hydrogen (secondary N) is 2. The lowest BCUT2D eigenvalue weighted by molar-refractivity contribution is 0.102. The normalized spacial score (nSPS) is 10.3. The van der Waals surface area contributed by atoms with E-state index < -0.39 is 0 Å². The minimum absolute atomic E-state index is 0.230. The van der Waals surface area contributed by atoms with E-state index in [2.05, 4.69) is 10.3 Å². The molecule has 0 bridgehead atoms. The van der Waals surface area contributed by atoms with E-state index in [1.165, 1.54) is 0 Å². The minimum atomic E-state index is -0.230. The molecule has 1 aromatic heterocycles. The molecule has 2 aromatic carbocycles. The number of halogens is 1. The van der Waals surface area contributed by atoms with Crippen molar-refractivity contribution in [1.29, 1.82) is 5.26 Å². The monoisotopic (exact) mass is 295 g/mol. The van der Waals surface area contributed by atoms with Crippen LogP contribution in [0.5, 0.6) is 0 Å². The van der Waals surface area contributed by atoms with Crippen LogP contribution in [0, 0.1) is 11.3 Å². The van der Waals surface area contributed by atoms with Crippen molar-refractivity contribution in [1.82, 2.24) is 4.98 Å². The number of aromatic nitrogens is 1. The Kier molecular flexibility index (Phi) is 3.35. The van der Waals surface area contributed by atoms with Gasteiger partial charge in [0.2, 0.25) is 0 Å². The second-order valence-corrected chi connectivity index (χ2v) is 4.91. The molecule has 0 aliphatic rings. The average molecular weight is 296 g/mol. The zero-order chi connectivity index (χ0) is 14.8. The average Bonchev–Trinajstić information content (AvgIpc) is 2.97. The van der Waals surface area contributed by atoms with E-state index in [1.807, 2.05) is 24.3 Å². The van der Waals surface area contributed by atoms with Crippen LogP contribution in [0.25, 0.3) is 10.9 Å². The van der Waals surface area contributed by atoms with E-state index in [1.54, 1.807) is 30.5 Å². The molecule has 3 rings (SSSR count). The summed E-state index contributed by atoms with van der Waals surface area (Å²) in [5, 5.41) is 13.0. The van der Waals surface area contributed by atoms with Gasteiger partial charge in [-0.25, -0.2) is 0 Å². The van der Waals surface area contributed by atoms with Crippen molar-refractivity contribution in [3.63, 3.8) is 0 Å². The molecule has 0 atom stereocenters. The number of nitriles is 1. The van der Waals surface area contributed by atoms with Gasteiger partial charge in [0.15, 0.2) is 0 Å². The minimum Gasteiger partial charge on any atom is -0.361 e. The summed E-state index contributed by atoms with van der Waals surface area (Å²) in [6.45, 7) is 0. The van der Waals surface area contributed by atoms with Gasteiger partial charge in [-0.3, -0.25) is 4.79 Å². The Hall–Kier alpha value is -2.77. The third-order valence-electron chi connectivity index (χ3n) is 3.18. The van der Waals surface area contributed by atoms with Crippen molar-refractivity contribution in [2.45, 2.75) is 0 Å².